The standard InChI is InChI=1S/C13H14F4N2O/c14-10-6-8(2-3-9(10)13(15,16)17)7-12(11(18)20)4-1-5-19-12/h2-3,6,19H,1,4-5,7H2,(H2,18,20)/t12-/m1/s1. The van der Waals surface area contributed by atoms with Crippen molar-refractivity contribution in [3.05, 3.63) is 35.1 Å². The first kappa shape index (κ1) is 14.8. The SMILES string of the molecule is NC(=O)[C@]1(Cc2ccc(C(F)(F)F)c(F)c2)CCCN1. The van der Waals surface area contributed by atoms with E-state index in [1.807, 2.05) is 0 Å². The smallest absolute Gasteiger partial charge is 0.368 e. The lowest BCUT2D eigenvalue weighted by Gasteiger charge is -2.26. The number of nitrogens with two attached hydrogens (primary N) is 1. The maximum absolute atomic E-state index is 13.5. The lowest BCUT2D eigenvalue weighted by Crippen LogP contribution is -2.53. The largest absolute Gasteiger partial charge is 0.419 e. The van der Waals surface area contributed by atoms with Crippen molar-refractivity contribution in [3.8, 4) is 0 Å². The molecule has 0 bridgehead atoms. The maximum Gasteiger partial charge on any atom is 0.419 e. The van der Waals surface area contributed by atoms with Crippen molar-refractivity contribution in [1.29, 1.82) is 0 Å². The van der Waals surface area contributed by atoms with E-state index in [1.54, 1.807) is 0 Å². The van der Waals surface area contributed by atoms with Gasteiger partial charge in [-0.2, -0.15) is 13.2 Å². The number of hydrogen-bond donors (Lipinski definition) is 2. The molecule has 1 aromatic rings. The second kappa shape index (κ2) is 5.05. The van der Waals surface area contributed by atoms with Crippen LogP contribution in [0.5, 0.6) is 0 Å². The summed E-state index contributed by atoms with van der Waals surface area (Å²) < 4.78 is 50.9. The summed E-state index contributed by atoms with van der Waals surface area (Å²) in [6.07, 6.45) is -3.41. The Bertz CT molecular complexity index is 522. The molecule has 3 N–H and O–H groups in total. The van der Waals surface area contributed by atoms with Crippen molar-refractivity contribution >= 4 is 5.91 Å². The number of hydrogen-bond acceptors (Lipinski definition) is 2. The lowest BCUT2D eigenvalue weighted by molar-refractivity contribution is -0.140. The highest BCUT2D eigenvalue weighted by molar-refractivity contribution is 5.85. The molecule has 1 fully saturated rings. The van der Waals surface area contributed by atoms with E-state index in [9.17, 15) is 22.4 Å². The molecule has 20 heavy (non-hydrogen) atoms. The summed E-state index contributed by atoms with van der Waals surface area (Å²) in [5.74, 6) is -1.91. The van der Waals surface area contributed by atoms with Crippen LogP contribution in [-0.2, 0) is 17.4 Å². The van der Waals surface area contributed by atoms with E-state index in [-0.39, 0.29) is 6.42 Å². The monoisotopic (exact) mass is 290 g/mol. The van der Waals surface area contributed by atoms with Crippen LogP contribution in [-0.4, -0.2) is 18.0 Å². The van der Waals surface area contributed by atoms with Crippen LogP contribution >= 0.6 is 0 Å². The Morgan fingerprint density at radius 3 is 2.55 bits per heavy atom. The van der Waals surface area contributed by atoms with Crippen molar-refractivity contribution in [2.45, 2.75) is 31.0 Å². The zero-order chi connectivity index (χ0) is 15.0. The van der Waals surface area contributed by atoms with Crippen LogP contribution in [0.25, 0.3) is 0 Å². The molecule has 0 spiro atoms. The molecule has 1 atom stereocenters. The fourth-order valence-corrected chi connectivity index (χ4v) is 2.50. The third-order valence-corrected chi connectivity index (χ3v) is 3.56. The number of benzene rings is 1. The van der Waals surface area contributed by atoms with Crippen molar-refractivity contribution < 1.29 is 22.4 Å². The van der Waals surface area contributed by atoms with Crippen molar-refractivity contribution in [2.75, 3.05) is 6.54 Å². The Labute approximate surface area is 113 Å². The zero-order valence-electron chi connectivity index (χ0n) is 10.6. The van der Waals surface area contributed by atoms with Gasteiger partial charge in [-0.1, -0.05) is 6.07 Å². The number of primary amides is 1. The Balaban J connectivity index is 2.27. The number of carbonyl (C=O) groups excluding carboxylic acids is 1. The Morgan fingerprint density at radius 1 is 1.40 bits per heavy atom. The normalized spacial score (nSPS) is 23.0. The average Bonchev–Trinajstić information content (AvgIpc) is 2.77. The minimum atomic E-state index is -4.73. The molecule has 110 valence electrons. The molecule has 2 rings (SSSR count). The molecule has 7 heteroatoms. The average molecular weight is 290 g/mol. The highest BCUT2D eigenvalue weighted by Crippen LogP contribution is 2.32. The van der Waals surface area contributed by atoms with Crippen LogP contribution in [0.2, 0.25) is 0 Å². The van der Waals surface area contributed by atoms with Gasteiger partial charge in [-0.3, -0.25) is 4.79 Å². The van der Waals surface area contributed by atoms with E-state index in [0.29, 0.717) is 24.6 Å². The summed E-state index contributed by atoms with van der Waals surface area (Å²) in [5.41, 5.74) is 3.35. The summed E-state index contributed by atoms with van der Waals surface area (Å²) in [6.45, 7) is 0.603. The molecule has 1 aliphatic heterocycles. The van der Waals surface area contributed by atoms with Gasteiger partial charge in [0.2, 0.25) is 5.91 Å². The van der Waals surface area contributed by atoms with Gasteiger partial charge in [0.15, 0.2) is 0 Å². The summed E-state index contributed by atoms with van der Waals surface area (Å²) in [7, 11) is 0. The van der Waals surface area contributed by atoms with E-state index in [2.05, 4.69) is 5.32 Å². The Kier molecular flexibility index (Phi) is 3.73. The van der Waals surface area contributed by atoms with Gasteiger partial charge < -0.3 is 11.1 Å². The molecule has 0 saturated carbocycles. The number of rotatable bonds is 3. The fourth-order valence-electron chi connectivity index (χ4n) is 2.50. The third-order valence-electron chi connectivity index (χ3n) is 3.56. The topological polar surface area (TPSA) is 55.1 Å². The van der Waals surface area contributed by atoms with Crippen LogP contribution < -0.4 is 11.1 Å². The number of alkyl halides is 3. The minimum absolute atomic E-state index is 0.0807. The summed E-state index contributed by atoms with van der Waals surface area (Å²) in [5, 5.41) is 2.96. The zero-order valence-corrected chi connectivity index (χ0v) is 10.6. The minimum Gasteiger partial charge on any atom is -0.368 e. The molecule has 1 aliphatic rings. The summed E-state index contributed by atoms with van der Waals surface area (Å²) in [4.78, 5) is 11.5. The van der Waals surface area contributed by atoms with Crippen LogP contribution in [0.4, 0.5) is 17.6 Å². The molecular weight excluding hydrogens is 276 g/mol. The van der Waals surface area contributed by atoms with E-state index in [0.717, 1.165) is 12.5 Å². The molecule has 0 aliphatic carbocycles. The molecule has 1 amide bonds. The quantitative estimate of drug-likeness (QED) is 0.837. The summed E-state index contributed by atoms with van der Waals surface area (Å²) >= 11 is 0. The van der Waals surface area contributed by atoms with E-state index < -0.39 is 29.0 Å². The Hall–Kier alpha value is -1.63. The van der Waals surface area contributed by atoms with Gasteiger partial charge in [0, 0.05) is 0 Å². The van der Waals surface area contributed by atoms with Crippen LogP contribution in [0.3, 0.4) is 0 Å². The lowest BCUT2D eigenvalue weighted by atomic mass is 9.88. The molecule has 3 nitrogen and oxygen atoms in total. The van der Waals surface area contributed by atoms with Crippen LogP contribution in [0.1, 0.15) is 24.0 Å². The van der Waals surface area contributed by atoms with Gasteiger partial charge in [-0.05, 0) is 43.5 Å². The van der Waals surface area contributed by atoms with Gasteiger partial charge in [0.05, 0.1) is 5.56 Å². The highest BCUT2D eigenvalue weighted by atomic mass is 19.4. The second-order valence-electron chi connectivity index (χ2n) is 4.97. The van der Waals surface area contributed by atoms with E-state index in [4.69, 9.17) is 5.73 Å². The van der Waals surface area contributed by atoms with Crippen molar-refractivity contribution in [2.24, 2.45) is 5.73 Å². The van der Waals surface area contributed by atoms with Gasteiger partial charge in [0.25, 0.3) is 0 Å². The van der Waals surface area contributed by atoms with E-state index >= 15 is 0 Å². The fraction of sp³-hybridized carbons (Fsp3) is 0.462. The molecule has 1 aromatic carbocycles. The summed E-state index contributed by atoms with van der Waals surface area (Å²) in [6, 6.07) is 2.68. The number of nitrogens with one attached hydrogen (secondary N) is 1. The Morgan fingerprint density at radius 2 is 2.10 bits per heavy atom. The molecule has 0 radical (unpaired) electrons. The number of amides is 1. The molecule has 1 heterocycles. The first-order valence-electron chi connectivity index (χ1n) is 6.15. The van der Waals surface area contributed by atoms with Gasteiger partial charge in [-0.15, -0.1) is 0 Å². The highest BCUT2D eigenvalue weighted by Gasteiger charge is 2.40. The van der Waals surface area contributed by atoms with Crippen LogP contribution in [0, 0.1) is 5.82 Å². The third kappa shape index (κ3) is 2.77. The first-order valence-corrected chi connectivity index (χ1v) is 6.15. The molecule has 0 unspecified atom stereocenters. The van der Waals surface area contributed by atoms with Gasteiger partial charge in [-0.25, -0.2) is 4.39 Å². The predicted octanol–water partition coefficient (Wildman–Crippen LogP) is 1.99. The first-order chi connectivity index (χ1) is 9.24. The van der Waals surface area contributed by atoms with Gasteiger partial charge in [0.1, 0.15) is 11.4 Å². The van der Waals surface area contributed by atoms with Crippen LogP contribution in [0.15, 0.2) is 18.2 Å². The molecule has 1 saturated heterocycles. The molecular formula is C13H14F4N2O. The van der Waals surface area contributed by atoms with Gasteiger partial charge >= 0.3 is 6.18 Å². The number of carbonyl (C=O) groups is 1. The second-order valence-corrected chi connectivity index (χ2v) is 4.97. The predicted molar refractivity (Wildman–Crippen MR) is 64.3 cm³/mol. The maximum atomic E-state index is 13.5. The number of halogens is 4. The van der Waals surface area contributed by atoms with E-state index in [1.165, 1.54) is 6.07 Å². The molecule has 0 aromatic heterocycles. The van der Waals surface area contributed by atoms with Crippen molar-refractivity contribution in [1.82, 2.24) is 5.32 Å². The van der Waals surface area contributed by atoms with Crippen molar-refractivity contribution in [3.63, 3.8) is 0 Å².